The molecule has 2 aromatic carbocycles. The Morgan fingerprint density at radius 2 is 1.78 bits per heavy atom. The minimum Gasteiger partial charge on any atom is -0.320 e. The van der Waals surface area contributed by atoms with Gasteiger partial charge in [-0.25, -0.2) is 18.3 Å². The first-order valence-electron chi connectivity index (χ1n) is 8.53. The van der Waals surface area contributed by atoms with Crippen LogP contribution in [0.25, 0.3) is 5.69 Å². The lowest BCUT2D eigenvalue weighted by Crippen LogP contribution is -2.39. The zero-order valence-corrected chi connectivity index (χ0v) is 14.6. The molecule has 0 saturated carbocycles. The summed E-state index contributed by atoms with van der Waals surface area (Å²) in [6.45, 7) is 2.08. The van der Waals surface area contributed by atoms with Gasteiger partial charge in [0, 0.05) is 12.1 Å². The first-order valence-corrected chi connectivity index (χ1v) is 8.53. The second kappa shape index (κ2) is 6.79. The van der Waals surface area contributed by atoms with Crippen molar-refractivity contribution in [2.45, 2.75) is 19.9 Å². The molecular formula is C19H17F2N5O. The van der Waals surface area contributed by atoms with Gasteiger partial charge in [-0.05, 0) is 43.2 Å². The van der Waals surface area contributed by atoms with Gasteiger partial charge in [0.1, 0.15) is 17.5 Å². The third kappa shape index (κ3) is 3.25. The molecule has 138 valence electrons. The molecule has 1 aromatic heterocycles. The van der Waals surface area contributed by atoms with Crippen LogP contribution in [-0.4, -0.2) is 32.2 Å². The second-order valence-corrected chi connectivity index (χ2v) is 6.32. The number of fused-ring (bicyclic) bond motifs is 1. The Balaban J connectivity index is 1.51. The zero-order valence-electron chi connectivity index (χ0n) is 14.6. The molecule has 0 atom stereocenters. The standard InChI is InChI=1S/C19H17F2N5O/c1-12-22-18(24-26(12)13-5-3-2-4-6-13)23-19(27)25-10-9-14-15(11-25)17(21)8-7-16(14)20/h2-8H,9-11H2,1H3,(H,23,24,27). The summed E-state index contributed by atoms with van der Waals surface area (Å²) in [4.78, 5) is 18.2. The van der Waals surface area contributed by atoms with Crippen LogP contribution in [0.15, 0.2) is 42.5 Å². The molecule has 1 N–H and O–H groups in total. The normalized spacial score (nSPS) is 13.4. The van der Waals surface area contributed by atoms with Crippen molar-refractivity contribution in [2.75, 3.05) is 11.9 Å². The van der Waals surface area contributed by atoms with E-state index >= 15 is 0 Å². The number of rotatable bonds is 2. The number of urea groups is 1. The van der Waals surface area contributed by atoms with Gasteiger partial charge in [-0.1, -0.05) is 18.2 Å². The van der Waals surface area contributed by atoms with Crippen molar-refractivity contribution in [1.29, 1.82) is 0 Å². The number of nitrogens with one attached hydrogen (secondary N) is 1. The highest BCUT2D eigenvalue weighted by molar-refractivity contribution is 5.87. The number of aromatic nitrogens is 3. The lowest BCUT2D eigenvalue weighted by molar-refractivity contribution is 0.204. The van der Waals surface area contributed by atoms with Crippen molar-refractivity contribution < 1.29 is 13.6 Å². The minimum absolute atomic E-state index is 0.00311. The Morgan fingerprint density at radius 1 is 1.07 bits per heavy atom. The van der Waals surface area contributed by atoms with Crippen LogP contribution in [0.1, 0.15) is 17.0 Å². The first-order chi connectivity index (χ1) is 13.0. The van der Waals surface area contributed by atoms with Gasteiger partial charge in [-0.15, -0.1) is 5.10 Å². The van der Waals surface area contributed by atoms with Gasteiger partial charge in [0.2, 0.25) is 0 Å². The quantitative estimate of drug-likeness (QED) is 0.753. The summed E-state index contributed by atoms with van der Waals surface area (Å²) in [7, 11) is 0. The number of hydrogen-bond donors (Lipinski definition) is 1. The number of carbonyl (C=O) groups excluding carboxylic acids is 1. The molecule has 0 radical (unpaired) electrons. The molecular weight excluding hydrogens is 352 g/mol. The summed E-state index contributed by atoms with van der Waals surface area (Å²) in [6, 6.07) is 11.2. The number of carbonyl (C=O) groups is 1. The smallest absolute Gasteiger partial charge is 0.320 e. The maximum atomic E-state index is 14.0. The number of benzene rings is 2. The van der Waals surface area contributed by atoms with E-state index in [0.29, 0.717) is 11.4 Å². The summed E-state index contributed by atoms with van der Waals surface area (Å²) in [5.41, 5.74) is 1.38. The van der Waals surface area contributed by atoms with Gasteiger partial charge in [0.25, 0.3) is 5.95 Å². The lowest BCUT2D eigenvalue weighted by Gasteiger charge is -2.28. The highest BCUT2D eigenvalue weighted by atomic mass is 19.1. The molecule has 8 heteroatoms. The fourth-order valence-electron chi connectivity index (χ4n) is 3.20. The average molecular weight is 369 g/mol. The van der Waals surface area contributed by atoms with Gasteiger partial charge in [0.05, 0.1) is 12.2 Å². The number of aryl methyl sites for hydroxylation is 1. The fourth-order valence-corrected chi connectivity index (χ4v) is 3.20. The molecule has 0 spiro atoms. The van der Waals surface area contributed by atoms with E-state index in [2.05, 4.69) is 15.4 Å². The molecule has 2 amide bonds. The Morgan fingerprint density at radius 3 is 2.52 bits per heavy atom. The summed E-state index contributed by atoms with van der Waals surface area (Å²) in [6.07, 6.45) is 0.261. The van der Waals surface area contributed by atoms with E-state index in [1.54, 1.807) is 11.6 Å². The van der Waals surface area contributed by atoms with E-state index in [-0.39, 0.29) is 31.0 Å². The molecule has 3 aromatic rings. The maximum absolute atomic E-state index is 14.0. The Kier molecular flexibility index (Phi) is 4.31. The monoisotopic (exact) mass is 369 g/mol. The van der Waals surface area contributed by atoms with Crippen molar-refractivity contribution in [3.63, 3.8) is 0 Å². The van der Waals surface area contributed by atoms with Crippen LogP contribution in [0.5, 0.6) is 0 Å². The SMILES string of the molecule is Cc1nc(NC(=O)N2CCc3c(F)ccc(F)c3C2)nn1-c1ccccc1. The van der Waals surface area contributed by atoms with Crippen LogP contribution in [0.4, 0.5) is 19.5 Å². The number of anilines is 1. The molecule has 2 heterocycles. The predicted octanol–water partition coefficient (Wildman–Crippen LogP) is 3.44. The molecule has 0 fully saturated rings. The molecule has 6 nitrogen and oxygen atoms in total. The average Bonchev–Trinajstić information content (AvgIpc) is 3.05. The number of amides is 2. The topological polar surface area (TPSA) is 63.1 Å². The van der Waals surface area contributed by atoms with Crippen LogP contribution in [0, 0.1) is 18.6 Å². The van der Waals surface area contributed by atoms with Crippen molar-refractivity contribution in [2.24, 2.45) is 0 Å². The van der Waals surface area contributed by atoms with Gasteiger partial charge >= 0.3 is 6.03 Å². The molecule has 27 heavy (non-hydrogen) atoms. The predicted molar refractivity (Wildman–Crippen MR) is 95.6 cm³/mol. The molecule has 1 aliphatic rings. The Labute approximate surface area is 154 Å². The van der Waals surface area contributed by atoms with E-state index in [9.17, 15) is 13.6 Å². The second-order valence-electron chi connectivity index (χ2n) is 6.32. The lowest BCUT2D eigenvalue weighted by atomic mass is 9.99. The summed E-state index contributed by atoms with van der Waals surface area (Å²) >= 11 is 0. The van der Waals surface area contributed by atoms with E-state index in [4.69, 9.17) is 0 Å². The molecule has 0 unspecified atom stereocenters. The zero-order chi connectivity index (χ0) is 19.0. The first kappa shape index (κ1) is 17.1. The van der Waals surface area contributed by atoms with Gasteiger partial charge in [0.15, 0.2) is 0 Å². The van der Waals surface area contributed by atoms with Crippen molar-refractivity contribution in [1.82, 2.24) is 19.7 Å². The fraction of sp³-hybridized carbons (Fsp3) is 0.211. The van der Waals surface area contributed by atoms with Gasteiger partial charge in [-0.2, -0.15) is 4.98 Å². The Bertz CT molecular complexity index is 1000. The number of para-hydroxylation sites is 1. The molecule has 0 bridgehead atoms. The highest BCUT2D eigenvalue weighted by Gasteiger charge is 2.26. The maximum Gasteiger partial charge on any atom is 0.324 e. The Hall–Kier alpha value is -3.29. The summed E-state index contributed by atoms with van der Waals surface area (Å²) in [5, 5.41) is 6.94. The highest BCUT2D eigenvalue weighted by Crippen LogP contribution is 2.25. The van der Waals surface area contributed by atoms with Crippen LogP contribution in [0.3, 0.4) is 0 Å². The molecule has 1 aliphatic heterocycles. The number of hydrogen-bond acceptors (Lipinski definition) is 3. The van der Waals surface area contributed by atoms with E-state index in [0.717, 1.165) is 17.8 Å². The van der Waals surface area contributed by atoms with Crippen LogP contribution >= 0.6 is 0 Å². The largest absolute Gasteiger partial charge is 0.324 e. The summed E-state index contributed by atoms with van der Waals surface area (Å²) in [5.74, 6) is -0.169. The van der Waals surface area contributed by atoms with E-state index in [1.165, 1.54) is 4.90 Å². The van der Waals surface area contributed by atoms with Crippen molar-refractivity contribution >= 4 is 12.0 Å². The van der Waals surface area contributed by atoms with Crippen molar-refractivity contribution in [3.8, 4) is 5.69 Å². The summed E-state index contributed by atoms with van der Waals surface area (Å²) < 4.78 is 29.5. The van der Waals surface area contributed by atoms with E-state index < -0.39 is 17.7 Å². The van der Waals surface area contributed by atoms with Crippen molar-refractivity contribution in [3.05, 3.63) is 71.1 Å². The molecule has 0 aliphatic carbocycles. The third-order valence-corrected chi connectivity index (χ3v) is 4.57. The van der Waals surface area contributed by atoms with E-state index in [1.807, 2.05) is 30.3 Å². The van der Waals surface area contributed by atoms with Crippen LogP contribution in [0.2, 0.25) is 0 Å². The molecule has 4 rings (SSSR count). The van der Waals surface area contributed by atoms with Crippen LogP contribution in [-0.2, 0) is 13.0 Å². The molecule has 0 saturated heterocycles. The van der Waals surface area contributed by atoms with Gasteiger partial charge < -0.3 is 4.90 Å². The number of nitrogens with zero attached hydrogens (tertiary/aromatic N) is 4. The third-order valence-electron chi connectivity index (χ3n) is 4.57. The minimum atomic E-state index is -0.508. The van der Waals surface area contributed by atoms with Gasteiger partial charge in [-0.3, -0.25) is 5.32 Å². The van der Waals surface area contributed by atoms with Crippen LogP contribution < -0.4 is 5.32 Å². The number of halogens is 2.